The molecule has 1 aliphatic heterocycles. The fraction of sp³-hybridized carbons (Fsp3) is 0.753. The van der Waals surface area contributed by atoms with Crippen LogP contribution in [0.5, 0.6) is 0 Å². The smallest absolute Gasteiger partial charge is 0.0616 e. The van der Waals surface area contributed by atoms with E-state index in [0.717, 1.165) is 24.3 Å². The molecule has 12 aliphatic rings. The summed E-state index contributed by atoms with van der Waals surface area (Å²) in [6.45, 7) is 27.3. The molecule has 12 rings (SSSR count). The minimum Gasteiger partial charge on any atom is -0.374 e. The largest absolute Gasteiger partial charge is 0.374 e. The van der Waals surface area contributed by atoms with E-state index in [1.807, 2.05) is 22.3 Å². The normalized spacial score (nSPS) is 43.2. The Kier molecular flexibility index (Phi) is 15.4. The van der Waals surface area contributed by atoms with Crippen molar-refractivity contribution >= 4 is 0 Å². The molecule has 0 N–H and O–H groups in total. The Bertz CT molecular complexity index is 2420. The first-order valence-electron chi connectivity index (χ1n) is 33.2. The van der Waals surface area contributed by atoms with Crippen molar-refractivity contribution in [2.75, 3.05) is 0 Å². The van der Waals surface area contributed by atoms with Crippen LogP contribution in [0.25, 0.3) is 0 Å². The van der Waals surface area contributed by atoms with Gasteiger partial charge in [0.15, 0.2) is 0 Å². The van der Waals surface area contributed by atoms with E-state index in [4.69, 9.17) is 4.74 Å². The van der Waals surface area contributed by atoms with Crippen LogP contribution in [0.15, 0.2) is 106 Å². The number of ether oxygens (including phenoxy) is 1. The molecule has 3 heteroatoms. The number of hydrogen-bond acceptors (Lipinski definition) is 3. The van der Waals surface area contributed by atoms with Gasteiger partial charge in [0.2, 0.25) is 0 Å². The van der Waals surface area contributed by atoms with E-state index in [-0.39, 0.29) is 16.4 Å². The van der Waals surface area contributed by atoms with Gasteiger partial charge in [-0.15, -0.1) is 6.58 Å². The fourth-order valence-electron chi connectivity index (χ4n) is 20.5. The number of nitrogens with zero attached hydrogens (tertiary/aromatic N) is 2. The molecule has 4 saturated carbocycles. The van der Waals surface area contributed by atoms with Crippen LogP contribution >= 0.6 is 0 Å². The van der Waals surface area contributed by atoms with Gasteiger partial charge < -0.3 is 9.64 Å². The van der Waals surface area contributed by atoms with Crippen molar-refractivity contribution in [2.45, 2.75) is 272 Å². The quantitative estimate of drug-likeness (QED) is 0.203. The summed E-state index contributed by atoms with van der Waals surface area (Å²) >= 11 is 0. The second-order valence-electron chi connectivity index (χ2n) is 30.2. The number of rotatable bonds is 10. The van der Waals surface area contributed by atoms with Crippen LogP contribution in [-0.4, -0.2) is 45.7 Å². The lowest BCUT2D eigenvalue weighted by atomic mass is 9.52. The highest BCUT2D eigenvalue weighted by molar-refractivity contribution is 5.50. The van der Waals surface area contributed by atoms with Crippen LogP contribution in [0.1, 0.15) is 236 Å². The third-order valence-electron chi connectivity index (χ3n) is 24.4. The maximum Gasteiger partial charge on any atom is 0.0616 e. The van der Waals surface area contributed by atoms with Gasteiger partial charge in [0.1, 0.15) is 0 Å². The monoisotopic (exact) mass is 1030 g/mol. The van der Waals surface area contributed by atoms with Crippen molar-refractivity contribution in [3.63, 3.8) is 0 Å². The lowest BCUT2D eigenvalue weighted by Crippen LogP contribution is -2.62. The number of allylic oxidation sites excluding steroid dienone is 12. The summed E-state index contributed by atoms with van der Waals surface area (Å²) in [4.78, 5) is 6.27. The third kappa shape index (κ3) is 9.65. The minimum absolute atomic E-state index is 0.0896. The molecule has 0 bridgehead atoms. The number of hydrogen-bond donors (Lipinski definition) is 0. The molecule has 416 valence electrons. The molecule has 16 unspecified atom stereocenters. The summed E-state index contributed by atoms with van der Waals surface area (Å²) in [5.41, 5.74) is 14.8. The lowest BCUT2D eigenvalue weighted by molar-refractivity contribution is -0.0650. The fourth-order valence-corrected chi connectivity index (χ4v) is 20.5. The SMILES string of the molecule is C=CC1CCC(OC2CC=C(C3(C4C=CC(C)CC4)C4=C(CCC(C)(N(C5CC(C)C(C6=CC7=C(CC6)N(C6CCCCC6)C6=CCCCC67)CC5C)C5C=CC(C(C)(C)C)=C[C@@H]5C)C4)C4CCCCC43)CC2)C(C)C1. The molecule has 0 spiro atoms. The van der Waals surface area contributed by atoms with Crippen LogP contribution in [0, 0.1) is 75.9 Å². The summed E-state index contributed by atoms with van der Waals surface area (Å²) < 4.78 is 7.19. The molecular formula is C73H108N2O. The molecule has 0 aromatic rings. The van der Waals surface area contributed by atoms with E-state index in [1.165, 1.54) is 173 Å². The highest BCUT2D eigenvalue weighted by Gasteiger charge is 2.62. The van der Waals surface area contributed by atoms with Crippen molar-refractivity contribution < 1.29 is 4.74 Å². The zero-order valence-corrected chi connectivity index (χ0v) is 50.0. The van der Waals surface area contributed by atoms with Crippen LogP contribution in [-0.2, 0) is 4.74 Å². The Morgan fingerprint density at radius 2 is 1.57 bits per heavy atom. The van der Waals surface area contributed by atoms with E-state index >= 15 is 0 Å². The zero-order valence-electron chi connectivity index (χ0n) is 50.0. The first kappa shape index (κ1) is 54.0. The molecule has 3 nitrogen and oxygen atoms in total. The zero-order chi connectivity index (χ0) is 52.7. The molecule has 11 aliphatic carbocycles. The Morgan fingerprint density at radius 1 is 0.750 bits per heavy atom. The van der Waals surface area contributed by atoms with Crippen LogP contribution in [0.3, 0.4) is 0 Å². The van der Waals surface area contributed by atoms with Crippen LogP contribution < -0.4 is 0 Å². The molecule has 0 amide bonds. The van der Waals surface area contributed by atoms with Crippen LogP contribution in [0.2, 0.25) is 0 Å². The Morgan fingerprint density at radius 3 is 2.30 bits per heavy atom. The van der Waals surface area contributed by atoms with E-state index in [0.29, 0.717) is 77.6 Å². The Hall–Kier alpha value is -2.62. The van der Waals surface area contributed by atoms with Gasteiger partial charge in [-0.2, -0.15) is 0 Å². The Labute approximate surface area is 465 Å². The van der Waals surface area contributed by atoms with Crippen LogP contribution in [0.4, 0.5) is 0 Å². The van der Waals surface area contributed by atoms with Gasteiger partial charge in [0.05, 0.1) is 12.2 Å². The maximum atomic E-state index is 7.19. The lowest BCUT2D eigenvalue weighted by Gasteiger charge is -2.58. The molecule has 0 aromatic carbocycles. The molecule has 1 heterocycles. The van der Waals surface area contributed by atoms with Crippen molar-refractivity contribution in [3.05, 3.63) is 106 Å². The van der Waals surface area contributed by atoms with Crippen molar-refractivity contribution in [2.24, 2.45) is 75.9 Å². The van der Waals surface area contributed by atoms with Gasteiger partial charge in [0.25, 0.3) is 0 Å². The Balaban J connectivity index is 0.882. The van der Waals surface area contributed by atoms with Gasteiger partial charge in [-0.3, -0.25) is 4.90 Å². The molecular weight excluding hydrogens is 921 g/mol. The molecule has 76 heavy (non-hydrogen) atoms. The van der Waals surface area contributed by atoms with Gasteiger partial charge in [-0.05, 0) is 224 Å². The minimum atomic E-state index is 0.0896. The van der Waals surface area contributed by atoms with Gasteiger partial charge in [-0.25, -0.2) is 0 Å². The average molecular weight is 1030 g/mol. The third-order valence-corrected chi connectivity index (χ3v) is 24.4. The summed E-state index contributed by atoms with van der Waals surface area (Å²) in [6, 6.07) is 1.74. The second kappa shape index (κ2) is 21.7. The summed E-state index contributed by atoms with van der Waals surface area (Å²) in [5.74, 6) is 7.31. The summed E-state index contributed by atoms with van der Waals surface area (Å²) in [7, 11) is 0. The van der Waals surface area contributed by atoms with Crippen molar-refractivity contribution in [1.82, 2.24) is 9.80 Å². The van der Waals surface area contributed by atoms with Gasteiger partial charge >= 0.3 is 0 Å². The van der Waals surface area contributed by atoms with E-state index in [2.05, 4.69) is 133 Å². The average Bonchev–Trinajstić information content (AvgIpc) is 4.15. The first-order valence-corrected chi connectivity index (χ1v) is 33.2. The number of fused-ring (bicyclic) bond motifs is 4. The second-order valence-corrected chi connectivity index (χ2v) is 30.2. The molecule has 0 aromatic heterocycles. The predicted molar refractivity (Wildman–Crippen MR) is 320 cm³/mol. The highest BCUT2D eigenvalue weighted by atomic mass is 16.5. The summed E-state index contributed by atoms with van der Waals surface area (Å²) in [5, 5.41) is 0. The molecule has 17 atom stereocenters. The molecule has 4 fully saturated rings. The van der Waals surface area contributed by atoms with E-state index in [1.54, 1.807) is 17.0 Å². The van der Waals surface area contributed by atoms with Gasteiger partial charge in [-0.1, -0.05) is 164 Å². The van der Waals surface area contributed by atoms with Crippen molar-refractivity contribution in [3.8, 4) is 0 Å². The van der Waals surface area contributed by atoms with Crippen molar-refractivity contribution in [1.29, 1.82) is 0 Å². The first-order chi connectivity index (χ1) is 36.7. The topological polar surface area (TPSA) is 15.7 Å². The maximum absolute atomic E-state index is 7.19. The standard InChI is InChI=1S/C73H108N2O/c1-11-52-27-38-70(51(6)41-52)76-58-34-31-55(32-35-58)73(54-29-25-47(2)26-30-54)64-23-17-15-21-59(64)60-39-40-72(10,46-65(60)73)75(66-37-33-56(42-49(66)4)71(7,8)9)69-44-48(3)62(43-50(69)5)53-28-36-68-63(45-53)61-22-16-18-24-67(61)74(68)57-19-13-12-14-20-57/h11,24-25,29,31,33,37,42,45,47-52,54,57-59,61-62,64,66,69-70H,1,12-23,26-28,30,32,34-36,38-41,43-44,46H2,2-10H3/t47?,48?,49-,50?,51?,52?,54?,58?,59?,61?,62?,64?,66?,69?,70?,72?,73?/m0/s1. The molecule has 0 saturated heterocycles. The highest BCUT2D eigenvalue weighted by Crippen LogP contribution is 2.70. The molecule has 0 radical (unpaired) electrons. The predicted octanol–water partition coefficient (Wildman–Crippen LogP) is 19.3. The van der Waals surface area contributed by atoms with E-state index in [9.17, 15) is 0 Å². The van der Waals surface area contributed by atoms with E-state index < -0.39 is 0 Å². The van der Waals surface area contributed by atoms with Gasteiger partial charge in [0, 0.05) is 46.4 Å². The summed E-state index contributed by atoms with van der Waals surface area (Å²) in [6.07, 6.45) is 60.8.